The lowest BCUT2D eigenvalue weighted by Crippen LogP contribution is -2.48. The Morgan fingerprint density at radius 1 is 1.22 bits per heavy atom. The molecule has 36 heavy (non-hydrogen) atoms. The number of amides is 1. The molecule has 2 aromatic rings. The fourth-order valence-electron chi connectivity index (χ4n) is 5.58. The highest BCUT2D eigenvalue weighted by atomic mass is 19.1. The zero-order valence-corrected chi connectivity index (χ0v) is 19.9. The number of nitrogens with zero attached hydrogens (tertiary/aromatic N) is 5. The Kier molecular flexibility index (Phi) is 5.93. The molecule has 1 amide bonds. The first kappa shape index (κ1) is 23.4. The van der Waals surface area contributed by atoms with Crippen LogP contribution in [0, 0.1) is 12.7 Å². The van der Waals surface area contributed by atoms with Crippen molar-refractivity contribution in [3.63, 3.8) is 0 Å². The highest BCUT2D eigenvalue weighted by Crippen LogP contribution is 2.37. The average molecular weight is 499 g/mol. The molecule has 2 N–H and O–H groups in total. The molecule has 1 aromatic heterocycles. The molecule has 0 bridgehead atoms. The van der Waals surface area contributed by atoms with Gasteiger partial charge in [-0.25, -0.2) is 18.7 Å². The van der Waals surface area contributed by atoms with Gasteiger partial charge in [0.15, 0.2) is 0 Å². The minimum atomic E-state index is -1.22. The van der Waals surface area contributed by atoms with Crippen LogP contribution in [-0.2, 0) is 16.1 Å². The van der Waals surface area contributed by atoms with Gasteiger partial charge in [0, 0.05) is 19.5 Å². The van der Waals surface area contributed by atoms with Crippen LogP contribution in [0.4, 0.5) is 14.6 Å². The van der Waals surface area contributed by atoms with E-state index in [0.29, 0.717) is 55.0 Å². The van der Waals surface area contributed by atoms with Crippen molar-refractivity contribution in [3.8, 4) is 0 Å². The van der Waals surface area contributed by atoms with E-state index in [1.165, 1.54) is 23.4 Å². The number of aryl methyl sites for hydroxylation is 1. The van der Waals surface area contributed by atoms with E-state index in [2.05, 4.69) is 25.2 Å². The SMILES string of the molecule is Cc1ccc(F)cc1[C@H]1C[C@H](F)CN1C(=O)C1=NCc2ncnc(N[C@@H]3CN(C4COC4)C[C@H]3O)c21. The summed E-state index contributed by atoms with van der Waals surface area (Å²) in [6.07, 6.45) is -0.320. The molecule has 0 spiro atoms. The number of alkyl halides is 1. The van der Waals surface area contributed by atoms with Crippen LogP contribution in [0.1, 0.15) is 34.8 Å². The van der Waals surface area contributed by atoms with Gasteiger partial charge in [-0.3, -0.25) is 14.7 Å². The number of halogens is 2. The van der Waals surface area contributed by atoms with Gasteiger partial charge in [0.2, 0.25) is 0 Å². The minimum Gasteiger partial charge on any atom is -0.390 e. The third kappa shape index (κ3) is 4.04. The standard InChI is InChI=1S/C25H28F2N6O3/c1-13-2-3-14(26)4-17(13)20-5-15(27)7-33(20)25(35)23-22-18(6-28-23)29-12-30-24(22)31-19-8-32(9-21(19)34)16-10-36-11-16/h2-4,12,15-16,19-21,34H,5-11H2,1H3,(H,29,30,31)/t15-,19+,20+,21+/m0/s1. The van der Waals surface area contributed by atoms with Crippen molar-refractivity contribution >= 4 is 17.4 Å². The molecule has 190 valence electrons. The Balaban J connectivity index is 1.26. The quantitative estimate of drug-likeness (QED) is 0.642. The smallest absolute Gasteiger partial charge is 0.273 e. The molecule has 4 aliphatic heterocycles. The summed E-state index contributed by atoms with van der Waals surface area (Å²) in [5.74, 6) is -0.429. The number of aromatic nitrogens is 2. The number of hydrogen-bond acceptors (Lipinski definition) is 8. The normalized spacial score (nSPS) is 28.2. The molecule has 6 rings (SSSR count). The summed E-state index contributed by atoms with van der Waals surface area (Å²) in [7, 11) is 0. The molecule has 0 radical (unpaired) electrons. The molecule has 0 unspecified atom stereocenters. The van der Waals surface area contributed by atoms with E-state index < -0.39 is 30.0 Å². The molecule has 1 aromatic carbocycles. The monoisotopic (exact) mass is 498 g/mol. The van der Waals surface area contributed by atoms with Crippen molar-refractivity contribution in [2.75, 3.05) is 38.2 Å². The molecule has 3 fully saturated rings. The Morgan fingerprint density at radius 2 is 2.06 bits per heavy atom. The van der Waals surface area contributed by atoms with E-state index in [0.717, 1.165) is 5.56 Å². The highest BCUT2D eigenvalue weighted by molar-refractivity contribution is 6.47. The number of likely N-dealkylation sites (tertiary alicyclic amines) is 2. The van der Waals surface area contributed by atoms with Gasteiger partial charge in [0.25, 0.3) is 5.91 Å². The number of β-amino-alcohol motifs (C(OH)–C–C–N with tert-alkyl or cyclic N) is 1. The second-order valence-corrected chi connectivity index (χ2v) is 9.98. The molecule has 4 aliphatic rings. The number of fused-ring (bicyclic) bond motifs is 1. The second-order valence-electron chi connectivity index (χ2n) is 9.98. The molecular weight excluding hydrogens is 470 g/mol. The van der Waals surface area contributed by atoms with Crippen molar-refractivity contribution in [1.82, 2.24) is 19.8 Å². The van der Waals surface area contributed by atoms with Gasteiger partial charge in [-0.1, -0.05) is 6.07 Å². The summed E-state index contributed by atoms with van der Waals surface area (Å²) < 4.78 is 33.9. The van der Waals surface area contributed by atoms with Gasteiger partial charge in [0.05, 0.1) is 61.8 Å². The van der Waals surface area contributed by atoms with Gasteiger partial charge in [-0.2, -0.15) is 0 Å². The molecule has 0 aliphatic carbocycles. The fourth-order valence-corrected chi connectivity index (χ4v) is 5.58. The van der Waals surface area contributed by atoms with E-state index in [9.17, 15) is 18.7 Å². The van der Waals surface area contributed by atoms with Crippen molar-refractivity contribution in [3.05, 3.63) is 52.7 Å². The zero-order valence-electron chi connectivity index (χ0n) is 19.9. The number of hydrogen-bond donors (Lipinski definition) is 2. The summed E-state index contributed by atoms with van der Waals surface area (Å²) in [6, 6.07) is 3.80. The fraction of sp³-hybridized carbons (Fsp3) is 0.520. The topological polar surface area (TPSA) is 103 Å². The van der Waals surface area contributed by atoms with E-state index in [4.69, 9.17) is 4.74 Å². The maximum atomic E-state index is 14.6. The van der Waals surface area contributed by atoms with Gasteiger partial charge >= 0.3 is 0 Å². The van der Waals surface area contributed by atoms with Crippen LogP contribution in [0.3, 0.4) is 0 Å². The summed E-state index contributed by atoms with van der Waals surface area (Å²) >= 11 is 0. The first-order valence-corrected chi connectivity index (χ1v) is 12.2. The van der Waals surface area contributed by atoms with Gasteiger partial charge < -0.3 is 20.1 Å². The summed E-state index contributed by atoms with van der Waals surface area (Å²) in [5.41, 5.74) is 2.64. The minimum absolute atomic E-state index is 0.0932. The largest absolute Gasteiger partial charge is 0.390 e. The number of rotatable bonds is 5. The van der Waals surface area contributed by atoms with Gasteiger partial charge in [0.1, 0.15) is 29.8 Å². The lowest BCUT2D eigenvalue weighted by molar-refractivity contribution is -0.125. The number of carbonyl (C=O) groups is 1. The van der Waals surface area contributed by atoms with Crippen LogP contribution in [0.25, 0.3) is 0 Å². The Hall–Kier alpha value is -3.02. The number of benzene rings is 1. The Labute approximate surface area is 207 Å². The van der Waals surface area contributed by atoms with Crippen LogP contribution >= 0.6 is 0 Å². The molecule has 4 atom stereocenters. The molecule has 9 nitrogen and oxygen atoms in total. The lowest BCUT2D eigenvalue weighted by Gasteiger charge is -2.34. The van der Waals surface area contributed by atoms with Crippen LogP contribution in [0.15, 0.2) is 29.5 Å². The van der Waals surface area contributed by atoms with Gasteiger partial charge in [-0.05, 0) is 30.2 Å². The average Bonchev–Trinajstić information content (AvgIpc) is 3.51. The highest BCUT2D eigenvalue weighted by Gasteiger charge is 2.42. The van der Waals surface area contributed by atoms with Crippen molar-refractivity contribution in [2.24, 2.45) is 4.99 Å². The van der Waals surface area contributed by atoms with Crippen molar-refractivity contribution < 1.29 is 23.4 Å². The van der Waals surface area contributed by atoms with E-state index in [1.807, 2.05) is 6.92 Å². The number of aliphatic hydroxyl groups excluding tert-OH is 1. The summed E-state index contributed by atoms with van der Waals surface area (Å²) in [5, 5.41) is 14.0. The third-order valence-electron chi connectivity index (χ3n) is 7.64. The number of aliphatic hydroxyl groups is 1. The number of carbonyl (C=O) groups excluding carboxylic acids is 1. The summed E-state index contributed by atoms with van der Waals surface area (Å²) in [6.45, 7) is 4.40. The number of aliphatic imine (C=N–C) groups is 1. The number of ether oxygens (including phenoxy) is 1. The molecule has 5 heterocycles. The van der Waals surface area contributed by atoms with Crippen molar-refractivity contribution in [1.29, 1.82) is 0 Å². The van der Waals surface area contributed by atoms with Crippen LogP contribution in [0.2, 0.25) is 0 Å². The lowest BCUT2D eigenvalue weighted by atomic mass is 9.98. The predicted molar refractivity (Wildman–Crippen MR) is 127 cm³/mol. The van der Waals surface area contributed by atoms with Crippen LogP contribution in [0.5, 0.6) is 0 Å². The van der Waals surface area contributed by atoms with Crippen LogP contribution < -0.4 is 5.32 Å². The molecule has 0 saturated carbocycles. The predicted octanol–water partition coefficient (Wildman–Crippen LogP) is 1.39. The first-order chi connectivity index (χ1) is 17.4. The second kappa shape index (κ2) is 9.13. The van der Waals surface area contributed by atoms with Crippen molar-refractivity contribution in [2.45, 2.75) is 50.3 Å². The molecule has 3 saturated heterocycles. The first-order valence-electron chi connectivity index (χ1n) is 12.2. The number of nitrogens with one attached hydrogen (secondary N) is 1. The number of anilines is 1. The zero-order chi connectivity index (χ0) is 25.0. The van der Waals surface area contributed by atoms with E-state index in [1.54, 1.807) is 6.07 Å². The van der Waals surface area contributed by atoms with Crippen LogP contribution in [-0.4, -0.2) is 93.7 Å². The van der Waals surface area contributed by atoms with E-state index in [-0.39, 0.29) is 31.3 Å². The molecule has 11 heteroatoms. The van der Waals surface area contributed by atoms with E-state index >= 15 is 0 Å². The maximum absolute atomic E-state index is 14.6. The summed E-state index contributed by atoms with van der Waals surface area (Å²) in [4.78, 5) is 30.5. The Morgan fingerprint density at radius 3 is 2.83 bits per heavy atom. The Bertz CT molecular complexity index is 1220. The van der Waals surface area contributed by atoms with Gasteiger partial charge in [-0.15, -0.1) is 0 Å². The molecular formula is C25H28F2N6O3. The third-order valence-corrected chi connectivity index (χ3v) is 7.64. The maximum Gasteiger partial charge on any atom is 0.273 e.